The molecule has 0 spiro atoms. The molecule has 1 aliphatic rings. The zero-order valence-corrected chi connectivity index (χ0v) is 12.7. The van der Waals surface area contributed by atoms with Crippen molar-refractivity contribution in [1.29, 1.82) is 5.26 Å². The Morgan fingerprint density at radius 2 is 2.15 bits per heavy atom. The van der Waals surface area contributed by atoms with Gasteiger partial charge < -0.3 is 16.0 Å². The summed E-state index contributed by atoms with van der Waals surface area (Å²) in [6, 6.07) is 2.11. The van der Waals surface area contributed by atoms with E-state index in [4.69, 9.17) is 5.73 Å². The molecule has 0 atom stereocenters. The van der Waals surface area contributed by atoms with Crippen molar-refractivity contribution in [3.63, 3.8) is 0 Å². The first-order chi connectivity index (χ1) is 9.54. The van der Waals surface area contributed by atoms with Crippen LogP contribution in [0, 0.1) is 17.2 Å². The number of carbonyl (C=O) groups excluding carboxylic acids is 1. The molecule has 0 aliphatic heterocycles. The minimum absolute atomic E-state index is 0.155. The predicted molar refractivity (Wildman–Crippen MR) is 81.9 cm³/mol. The molecule has 108 valence electrons. The first-order valence-electron chi connectivity index (χ1n) is 6.82. The van der Waals surface area contributed by atoms with Crippen LogP contribution in [-0.4, -0.2) is 31.4 Å². The van der Waals surface area contributed by atoms with Crippen molar-refractivity contribution in [3.05, 3.63) is 10.4 Å². The number of nitriles is 1. The van der Waals surface area contributed by atoms with Gasteiger partial charge in [0.1, 0.15) is 21.5 Å². The molecule has 0 saturated heterocycles. The van der Waals surface area contributed by atoms with Gasteiger partial charge in [0.2, 0.25) is 0 Å². The summed E-state index contributed by atoms with van der Waals surface area (Å²) in [4.78, 5) is 13.9. The average molecular weight is 292 g/mol. The van der Waals surface area contributed by atoms with Gasteiger partial charge in [0.25, 0.3) is 5.91 Å². The molecule has 1 amide bonds. The maximum atomic E-state index is 12.0. The van der Waals surface area contributed by atoms with Crippen molar-refractivity contribution in [2.75, 3.05) is 31.7 Å². The number of hydrogen-bond donors (Lipinski definition) is 2. The SMILES string of the molecule is CN(C)C(=O)c1sc(NCC2CCCC2)c(C#N)c1N. The van der Waals surface area contributed by atoms with Gasteiger partial charge in [-0.2, -0.15) is 5.26 Å². The Hall–Kier alpha value is -1.74. The van der Waals surface area contributed by atoms with Crippen LogP contribution >= 0.6 is 11.3 Å². The maximum Gasteiger partial charge on any atom is 0.265 e. The van der Waals surface area contributed by atoms with Crippen molar-refractivity contribution < 1.29 is 4.79 Å². The number of nitrogens with two attached hydrogens (primary N) is 1. The molecule has 1 fully saturated rings. The fraction of sp³-hybridized carbons (Fsp3) is 0.571. The summed E-state index contributed by atoms with van der Waals surface area (Å²) in [6.45, 7) is 0.851. The van der Waals surface area contributed by atoms with Gasteiger partial charge in [-0.25, -0.2) is 0 Å². The Bertz CT molecular complexity index is 538. The predicted octanol–water partition coefficient (Wildman–Crippen LogP) is 2.51. The van der Waals surface area contributed by atoms with Crippen LogP contribution in [0.4, 0.5) is 10.7 Å². The monoisotopic (exact) mass is 292 g/mol. The van der Waals surface area contributed by atoms with Crippen molar-refractivity contribution in [3.8, 4) is 6.07 Å². The normalized spacial score (nSPS) is 15.1. The van der Waals surface area contributed by atoms with Crippen molar-refractivity contribution >= 4 is 27.9 Å². The quantitative estimate of drug-likeness (QED) is 0.893. The number of nitrogen functional groups attached to an aromatic ring is 1. The summed E-state index contributed by atoms with van der Waals surface area (Å²) >= 11 is 1.28. The van der Waals surface area contributed by atoms with E-state index in [1.165, 1.54) is 41.9 Å². The molecular formula is C14H20N4OS. The molecule has 1 aromatic heterocycles. The zero-order chi connectivity index (χ0) is 14.7. The van der Waals surface area contributed by atoms with Gasteiger partial charge in [-0.1, -0.05) is 12.8 Å². The average Bonchev–Trinajstić information content (AvgIpc) is 3.03. The zero-order valence-electron chi connectivity index (χ0n) is 11.9. The summed E-state index contributed by atoms with van der Waals surface area (Å²) in [5.74, 6) is 0.510. The maximum absolute atomic E-state index is 12.0. The third-order valence-electron chi connectivity index (χ3n) is 3.68. The highest BCUT2D eigenvalue weighted by Crippen LogP contribution is 2.36. The van der Waals surface area contributed by atoms with Crippen LogP contribution in [0.25, 0.3) is 0 Å². The third kappa shape index (κ3) is 2.88. The first-order valence-corrected chi connectivity index (χ1v) is 7.64. The minimum atomic E-state index is -0.155. The fourth-order valence-corrected chi connectivity index (χ4v) is 3.59. The Kier molecular flexibility index (Phi) is 4.50. The van der Waals surface area contributed by atoms with Crippen LogP contribution in [0.2, 0.25) is 0 Å². The van der Waals surface area contributed by atoms with E-state index in [2.05, 4.69) is 11.4 Å². The summed E-state index contributed by atoms with van der Waals surface area (Å²) in [5.41, 5.74) is 6.64. The second-order valence-corrected chi connectivity index (χ2v) is 6.41. The van der Waals surface area contributed by atoms with E-state index >= 15 is 0 Å². The minimum Gasteiger partial charge on any atom is -0.396 e. The largest absolute Gasteiger partial charge is 0.396 e. The molecule has 0 unspecified atom stereocenters. The number of nitrogens with zero attached hydrogens (tertiary/aromatic N) is 2. The molecule has 0 radical (unpaired) electrons. The van der Waals surface area contributed by atoms with Crippen molar-refractivity contribution in [1.82, 2.24) is 4.90 Å². The standard InChI is InChI=1S/C14H20N4OS/c1-18(2)14(19)12-11(16)10(7-15)13(20-12)17-8-9-5-3-4-6-9/h9,17H,3-6,8,16H2,1-2H3. The third-order valence-corrected chi connectivity index (χ3v) is 4.83. The van der Waals surface area contributed by atoms with Gasteiger partial charge in [-0.15, -0.1) is 11.3 Å². The second kappa shape index (κ2) is 6.14. The highest BCUT2D eigenvalue weighted by molar-refractivity contribution is 7.18. The van der Waals surface area contributed by atoms with Crippen LogP contribution in [0.3, 0.4) is 0 Å². The van der Waals surface area contributed by atoms with Gasteiger partial charge >= 0.3 is 0 Å². The lowest BCUT2D eigenvalue weighted by Crippen LogP contribution is -2.21. The van der Waals surface area contributed by atoms with Crippen LogP contribution in [-0.2, 0) is 0 Å². The van der Waals surface area contributed by atoms with Crippen LogP contribution in [0.5, 0.6) is 0 Å². The van der Waals surface area contributed by atoms with E-state index in [0.717, 1.165) is 11.5 Å². The number of hydrogen-bond acceptors (Lipinski definition) is 5. The molecule has 5 nitrogen and oxygen atoms in total. The number of amides is 1. The molecule has 1 aromatic rings. The van der Waals surface area contributed by atoms with E-state index in [-0.39, 0.29) is 5.91 Å². The topological polar surface area (TPSA) is 82.2 Å². The van der Waals surface area contributed by atoms with E-state index in [0.29, 0.717) is 22.0 Å². The number of rotatable bonds is 4. The number of nitrogens with one attached hydrogen (secondary N) is 1. The van der Waals surface area contributed by atoms with Gasteiger partial charge in [-0.05, 0) is 18.8 Å². The van der Waals surface area contributed by atoms with E-state index in [1.54, 1.807) is 14.1 Å². The van der Waals surface area contributed by atoms with Gasteiger partial charge in [0.05, 0.1) is 5.69 Å². The Morgan fingerprint density at radius 3 is 2.70 bits per heavy atom. The van der Waals surface area contributed by atoms with Crippen molar-refractivity contribution in [2.45, 2.75) is 25.7 Å². The molecular weight excluding hydrogens is 272 g/mol. The van der Waals surface area contributed by atoms with Gasteiger partial charge in [0.15, 0.2) is 0 Å². The highest BCUT2D eigenvalue weighted by Gasteiger charge is 2.23. The lowest BCUT2D eigenvalue weighted by atomic mass is 10.1. The highest BCUT2D eigenvalue weighted by atomic mass is 32.1. The van der Waals surface area contributed by atoms with Crippen LogP contribution in [0.15, 0.2) is 0 Å². The van der Waals surface area contributed by atoms with E-state index in [9.17, 15) is 10.1 Å². The van der Waals surface area contributed by atoms with E-state index < -0.39 is 0 Å². The molecule has 1 saturated carbocycles. The lowest BCUT2D eigenvalue weighted by molar-refractivity contribution is 0.0833. The number of thiophene rings is 1. The van der Waals surface area contributed by atoms with Crippen molar-refractivity contribution in [2.24, 2.45) is 5.92 Å². The number of carbonyl (C=O) groups is 1. The summed E-state index contributed by atoms with van der Waals surface area (Å²) < 4.78 is 0. The molecule has 1 aliphatic carbocycles. The molecule has 1 heterocycles. The summed E-state index contributed by atoms with van der Waals surface area (Å²) in [5, 5.41) is 13.3. The first kappa shape index (κ1) is 14.7. The number of anilines is 2. The Morgan fingerprint density at radius 1 is 1.50 bits per heavy atom. The molecule has 0 bridgehead atoms. The summed E-state index contributed by atoms with van der Waals surface area (Å²) in [6.07, 6.45) is 5.04. The Balaban J connectivity index is 2.17. The fourth-order valence-electron chi connectivity index (χ4n) is 2.49. The lowest BCUT2D eigenvalue weighted by Gasteiger charge is -2.10. The van der Waals surface area contributed by atoms with Crippen LogP contribution in [0.1, 0.15) is 40.9 Å². The van der Waals surface area contributed by atoms with E-state index in [1.807, 2.05) is 0 Å². The second-order valence-electron chi connectivity index (χ2n) is 5.39. The molecule has 6 heteroatoms. The van der Waals surface area contributed by atoms with Gasteiger partial charge in [-0.3, -0.25) is 4.79 Å². The van der Waals surface area contributed by atoms with Crippen LogP contribution < -0.4 is 11.1 Å². The smallest absolute Gasteiger partial charge is 0.265 e. The molecule has 3 N–H and O–H groups in total. The molecule has 20 heavy (non-hydrogen) atoms. The Labute approximate surface area is 123 Å². The molecule has 2 rings (SSSR count). The molecule has 0 aromatic carbocycles. The van der Waals surface area contributed by atoms with Gasteiger partial charge in [0, 0.05) is 20.6 Å². The summed E-state index contributed by atoms with van der Waals surface area (Å²) in [7, 11) is 3.36.